The lowest BCUT2D eigenvalue weighted by Crippen LogP contribution is -2.26. The molecule has 2 aromatic carbocycles. The number of para-hydroxylation sites is 1. The monoisotopic (exact) mass is 296 g/mol. The highest BCUT2D eigenvalue weighted by Gasteiger charge is 2.15. The SMILES string of the molecule is COc1ccccc1C(=O)Nc1ccc2c(c1)CN(C)CC2. The van der Waals surface area contributed by atoms with Crippen molar-refractivity contribution in [2.45, 2.75) is 13.0 Å². The lowest BCUT2D eigenvalue weighted by Gasteiger charge is -2.25. The van der Waals surface area contributed by atoms with Gasteiger partial charge in [-0.2, -0.15) is 0 Å². The quantitative estimate of drug-likeness (QED) is 0.947. The Kier molecular flexibility index (Phi) is 4.11. The largest absolute Gasteiger partial charge is 0.496 e. The molecule has 0 atom stereocenters. The van der Waals surface area contributed by atoms with Gasteiger partial charge in [0.2, 0.25) is 0 Å². The minimum Gasteiger partial charge on any atom is -0.496 e. The van der Waals surface area contributed by atoms with Crippen molar-refractivity contribution in [1.82, 2.24) is 4.90 Å². The van der Waals surface area contributed by atoms with Crippen molar-refractivity contribution in [1.29, 1.82) is 0 Å². The first kappa shape index (κ1) is 14.6. The number of carbonyl (C=O) groups is 1. The number of rotatable bonds is 3. The summed E-state index contributed by atoms with van der Waals surface area (Å²) in [5.74, 6) is 0.430. The molecule has 1 aliphatic rings. The molecule has 0 spiro atoms. The fourth-order valence-electron chi connectivity index (χ4n) is 2.81. The van der Waals surface area contributed by atoms with Gasteiger partial charge in [-0.05, 0) is 48.9 Å². The third-order valence-electron chi connectivity index (χ3n) is 4.02. The van der Waals surface area contributed by atoms with Crippen LogP contribution in [0.3, 0.4) is 0 Å². The molecule has 0 fully saturated rings. The Bertz CT molecular complexity index is 697. The van der Waals surface area contributed by atoms with Gasteiger partial charge >= 0.3 is 0 Å². The first-order valence-corrected chi connectivity index (χ1v) is 7.42. The topological polar surface area (TPSA) is 41.6 Å². The number of anilines is 1. The van der Waals surface area contributed by atoms with Crippen molar-refractivity contribution in [2.75, 3.05) is 26.0 Å². The van der Waals surface area contributed by atoms with Crippen LogP contribution >= 0.6 is 0 Å². The summed E-state index contributed by atoms with van der Waals surface area (Å²) < 4.78 is 5.24. The summed E-state index contributed by atoms with van der Waals surface area (Å²) in [6.07, 6.45) is 1.06. The molecular formula is C18H20N2O2. The number of fused-ring (bicyclic) bond motifs is 1. The summed E-state index contributed by atoms with van der Waals surface area (Å²) in [6, 6.07) is 13.4. The van der Waals surface area contributed by atoms with E-state index in [-0.39, 0.29) is 5.91 Å². The predicted molar refractivity (Wildman–Crippen MR) is 87.4 cm³/mol. The number of hydrogen-bond donors (Lipinski definition) is 1. The van der Waals surface area contributed by atoms with Crippen LogP contribution in [0, 0.1) is 0 Å². The predicted octanol–water partition coefficient (Wildman–Crippen LogP) is 2.94. The van der Waals surface area contributed by atoms with Crippen LogP contribution in [0.15, 0.2) is 42.5 Å². The van der Waals surface area contributed by atoms with Gasteiger partial charge in [-0.1, -0.05) is 18.2 Å². The number of ether oxygens (including phenoxy) is 1. The normalized spacial score (nSPS) is 14.3. The van der Waals surface area contributed by atoms with E-state index >= 15 is 0 Å². The molecule has 1 N–H and O–H groups in total. The second-order valence-electron chi connectivity index (χ2n) is 5.63. The molecule has 114 valence electrons. The van der Waals surface area contributed by atoms with Crippen LogP contribution in [0.4, 0.5) is 5.69 Å². The number of nitrogens with one attached hydrogen (secondary N) is 1. The Labute approximate surface area is 130 Å². The van der Waals surface area contributed by atoms with E-state index in [4.69, 9.17) is 4.74 Å². The molecule has 1 amide bonds. The molecule has 1 heterocycles. The molecule has 22 heavy (non-hydrogen) atoms. The van der Waals surface area contributed by atoms with E-state index in [1.165, 1.54) is 11.1 Å². The fourth-order valence-corrected chi connectivity index (χ4v) is 2.81. The minimum atomic E-state index is -0.151. The molecule has 2 aromatic rings. The zero-order valence-corrected chi connectivity index (χ0v) is 12.9. The highest BCUT2D eigenvalue weighted by atomic mass is 16.5. The summed E-state index contributed by atoms with van der Waals surface area (Å²) >= 11 is 0. The van der Waals surface area contributed by atoms with Crippen molar-refractivity contribution >= 4 is 11.6 Å². The van der Waals surface area contributed by atoms with E-state index in [2.05, 4.69) is 29.4 Å². The maximum absolute atomic E-state index is 12.4. The van der Waals surface area contributed by atoms with Crippen LogP contribution in [-0.2, 0) is 13.0 Å². The molecule has 0 bridgehead atoms. The first-order chi connectivity index (χ1) is 10.7. The number of carbonyl (C=O) groups excluding carboxylic acids is 1. The van der Waals surface area contributed by atoms with E-state index in [1.807, 2.05) is 18.2 Å². The third-order valence-corrected chi connectivity index (χ3v) is 4.02. The highest BCUT2D eigenvalue weighted by Crippen LogP contribution is 2.23. The Morgan fingerprint density at radius 2 is 2.00 bits per heavy atom. The zero-order valence-electron chi connectivity index (χ0n) is 12.9. The number of methoxy groups -OCH3 is 1. The van der Waals surface area contributed by atoms with Gasteiger partial charge in [-0.15, -0.1) is 0 Å². The van der Waals surface area contributed by atoms with Gasteiger partial charge in [-0.3, -0.25) is 4.79 Å². The van der Waals surface area contributed by atoms with Crippen LogP contribution in [-0.4, -0.2) is 31.5 Å². The second-order valence-corrected chi connectivity index (χ2v) is 5.63. The molecule has 4 heteroatoms. The smallest absolute Gasteiger partial charge is 0.259 e. The summed E-state index contributed by atoms with van der Waals surface area (Å²) in [6.45, 7) is 2.01. The maximum atomic E-state index is 12.4. The van der Waals surface area contributed by atoms with Crippen LogP contribution in [0.1, 0.15) is 21.5 Å². The van der Waals surface area contributed by atoms with Crippen molar-refractivity contribution in [3.8, 4) is 5.75 Å². The van der Waals surface area contributed by atoms with Crippen LogP contribution in [0.25, 0.3) is 0 Å². The molecule has 0 saturated heterocycles. The van der Waals surface area contributed by atoms with Gasteiger partial charge in [0, 0.05) is 18.8 Å². The molecule has 1 aliphatic heterocycles. The fraction of sp³-hybridized carbons (Fsp3) is 0.278. The van der Waals surface area contributed by atoms with Crippen molar-refractivity contribution in [3.05, 3.63) is 59.2 Å². The Balaban J connectivity index is 1.81. The van der Waals surface area contributed by atoms with Crippen LogP contribution in [0.5, 0.6) is 5.75 Å². The number of hydrogen-bond acceptors (Lipinski definition) is 3. The van der Waals surface area contributed by atoms with Gasteiger partial charge < -0.3 is 15.0 Å². The van der Waals surface area contributed by atoms with E-state index in [1.54, 1.807) is 19.2 Å². The summed E-state index contributed by atoms with van der Waals surface area (Å²) in [7, 11) is 3.68. The standard InChI is InChI=1S/C18H20N2O2/c1-20-10-9-13-7-8-15(11-14(13)12-20)19-18(21)16-5-3-4-6-17(16)22-2/h3-8,11H,9-10,12H2,1-2H3,(H,19,21). The maximum Gasteiger partial charge on any atom is 0.259 e. The second kappa shape index (κ2) is 6.20. The molecular weight excluding hydrogens is 276 g/mol. The molecule has 3 rings (SSSR count). The van der Waals surface area contributed by atoms with Gasteiger partial charge in [0.15, 0.2) is 0 Å². The molecule has 0 aromatic heterocycles. The van der Waals surface area contributed by atoms with E-state index in [9.17, 15) is 4.79 Å². The van der Waals surface area contributed by atoms with Crippen molar-refractivity contribution < 1.29 is 9.53 Å². The number of benzene rings is 2. The first-order valence-electron chi connectivity index (χ1n) is 7.42. The van der Waals surface area contributed by atoms with E-state index in [0.717, 1.165) is 25.2 Å². The third kappa shape index (κ3) is 2.97. The summed E-state index contributed by atoms with van der Waals surface area (Å²) in [5, 5.41) is 2.96. The Morgan fingerprint density at radius 1 is 1.18 bits per heavy atom. The zero-order chi connectivity index (χ0) is 15.5. The minimum absolute atomic E-state index is 0.151. The van der Waals surface area contributed by atoms with Crippen LogP contribution < -0.4 is 10.1 Å². The highest BCUT2D eigenvalue weighted by molar-refractivity contribution is 6.06. The summed E-state index contributed by atoms with van der Waals surface area (Å²) in [5.41, 5.74) is 4.02. The van der Waals surface area contributed by atoms with Crippen molar-refractivity contribution in [2.24, 2.45) is 0 Å². The molecule has 0 radical (unpaired) electrons. The average Bonchev–Trinajstić information content (AvgIpc) is 2.54. The van der Waals surface area contributed by atoms with Gasteiger partial charge in [0.1, 0.15) is 5.75 Å². The lowest BCUT2D eigenvalue weighted by molar-refractivity contribution is 0.102. The Hall–Kier alpha value is -2.33. The Morgan fingerprint density at radius 3 is 2.82 bits per heavy atom. The van der Waals surface area contributed by atoms with E-state index < -0.39 is 0 Å². The van der Waals surface area contributed by atoms with Crippen molar-refractivity contribution in [3.63, 3.8) is 0 Å². The van der Waals surface area contributed by atoms with E-state index in [0.29, 0.717) is 11.3 Å². The van der Waals surface area contributed by atoms with Gasteiger partial charge in [0.05, 0.1) is 12.7 Å². The number of likely N-dealkylation sites (N-methyl/N-ethyl adjacent to an activating group) is 1. The number of amides is 1. The average molecular weight is 296 g/mol. The molecule has 0 unspecified atom stereocenters. The molecule has 0 aliphatic carbocycles. The molecule has 4 nitrogen and oxygen atoms in total. The molecule has 0 saturated carbocycles. The lowest BCUT2D eigenvalue weighted by atomic mass is 9.99. The number of nitrogens with zero attached hydrogens (tertiary/aromatic N) is 1. The van der Waals surface area contributed by atoms with Gasteiger partial charge in [-0.25, -0.2) is 0 Å². The van der Waals surface area contributed by atoms with Crippen LogP contribution in [0.2, 0.25) is 0 Å². The van der Waals surface area contributed by atoms with Gasteiger partial charge in [0.25, 0.3) is 5.91 Å². The summed E-state index contributed by atoms with van der Waals surface area (Å²) in [4.78, 5) is 14.7.